The van der Waals surface area contributed by atoms with E-state index in [1.165, 1.54) is 0 Å². The number of aromatic nitrogens is 6. The van der Waals surface area contributed by atoms with Gasteiger partial charge in [0, 0.05) is 0 Å². The van der Waals surface area contributed by atoms with Gasteiger partial charge in [-0.2, -0.15) is 10.2 Å². The van der Waals surface area contributed by atoms with Crippen LogP contribution >= 0.6 is 0 Å². The molecule has 0 bridgehead atoms. The fourth-order valence-electron chi connectivity index (χ4n) is 2.33. The highest BCUT2D eigenvalue weighted by atomic mass is 16.6. The normalized spacial score (nSPS) is 10.6. The summed E-state index contributed by atoms with van der Waals surface area (Å²) in [7, 11) is 0. The Kier molecular flexibility index (Phi) is 3.68. The van der Waals surface area contributed by atoms with Gasteiger partial charge in [-0.05, 0) is 0 Å². The SMILES string of the molecule is Nc1c([N+](=O)[O-])c(-n2cncn2)c([N+](=O)[O-])c(-n2cncn2)c1[N+](=O)[O-]. The Bertz CT molecular complexity index is 954. The molecule has 0 unspecified atom stereocenters. The molecular formula is C10H6N10O6. The molecule has 0 aliphatic heterocycles. The molecular weight excluding hydrogens is 356 g/mol. The van der Waals surface area contributed by atoms with Crippen molar-refractivity contribution in [3.63, 3.8) is 0 Å². The highest BCUT2D eigenvalue weighted by Gasteiger charge is 2.43. The zero-order chi connectivity index (χ0) is 19.0. The monoisotopic (exact) mass is 362 g/mol. The maximum absolute atomic E-state index is 11.7. The Morgan fingerprint density at radius 3 is 1.42 bits per heavy atom. The third-order valence-electron chi connectivity index (χ3n) is 3.25. The van der Waals surface area contributed by atoms with Crippen molar-refractivity contribution in [3.8, 4) is 11.4 Å². The predicted octanol–water partition coefficient (Wildman–Crippen LogP) is 0.155. The summed E-state index contributed by atoms with van der Waals surface area (Å²) in [6, 6.07) is 0. The first-order chi connectivity index (χ1) is 12.3. The van der Waals surface area contributed by atoms with Crippen LogP contribution < -0.4 is 5.73 Å². The Morgan fingerprint density at radius 1 is 0.769 bits per heavy atom. The van der Waals surface area contributed by atoms with Crippen LogP contribution in [0.4, 0.5) is 22.7 Å². The lowest BCUT2D eigenvalue weighted by molar-refractivity contribution is -0.401. The van der Waals surface area contributed by atoms with Gasteiger partial charge in [-0.25, -0.2) is 19.3 Å². The summed E-state index contributed by atoms with van der Waals surface area (Å²) in [4.78, 5) is 38.6. The zero-order valence-corrected chi connectivity index (χ0v) is 12.4. The molecule has 3 rings (SSSR count). The van der Waals surface area contributed by atoms with Crippen LogP contribution in [0.25, 0.3) is 11.4 Å². The Hall–Kier alpha value is -4.50. The van der Waals surface area contributed by atoms with Crippen molar-refractivity contribution in [2.75, 3.05) is 5.73 Å². The van der Waals surface area contributed by atoms with Gasteiger partial charge in [0.15, 0.2) is 5.69 Å². The largest absolute Gasteiger partial charge is 0.387 e. The van der Waals surface area contributed by atoms with E-state index < -0.39 is 48.9 Å². The average molecular weight is 362 g/mol. The zero-order valence-electron chi connectivity index (χ0n) is 12.4. The van der Waals surface area contributed by atoms with E-state index in [0.717, 1.165) is 34.7 Å². The molecule has 2 aromatic heterocycles. The molecule has 0 spiro atoms. The summed E-state index contributed by atoms with van der Waals surface area (Å²) >= 11 is 0. The van der Waals surface area contributed by atoms with Crippen molar-refractivity contribution in [2.24, 2.45) is 0 Å². The first kappa shape index (κ1) is 16.4. The molecule has 16 heteroatoms. The lowest BCUT2D eigenvalue weighted by Crippen LogP contribution is -2.14. The third kappa shape index (κ3) is 2.33. The fourth-order valence-corrected chi connectivity index (χ4v) is 2.33. The van der Waals surface area contributed by atoms with Gasteiger partial charge in [-0.15, -0.1) is 0 Å². The lowest BCUT2D eigenvalue weighted by Gasteiger charge is -2.11. The van der Waals surface area contributed by atoms with Gasteiger partial charge < -0.3 is 5.73 Å². The number of nitrogens with two attached hydrogens (primary N) is 1. The van der Waals surface area contributed by atoms with Crippen molar-refractivity contribution in [2.45, 2.75) is 0 Å². The van der Waals surface area contributed by atoms with Crippen molar-refractivity contribution >= 4 is 22.7 Å². The number of nitrogen functional groups attached to an aromatic ring is 1. The van der Waals surface area contributed by atoms with Crippen LogP contribution in [0.1, 0.15) is 0 Å². The summed E-state index contributed by atoms with van der Waals surface area (Å²) in [5.74, 6) is 0. The minimum Gasteiger partial charge on any atom is -0.387 e. The van der Waals surface area contributed by atoms with E-state index in [2.05, 4.69) is 20.2 Å². The quantitative estimate of drug-likeness (QED) is 0.366. The smallest absolute Gasteiger partial charge is 0.334 e. The maximum Gasteiger partial charge on any atom is 0.334 e. The molecule has 1 aromatic carbocycles. The lowest BCUT2D eigenvalue weighted by atomic mass is 10.1. The molecule has 0 saturated heterocycles. The number of nitro groups is 3. The number of anilines is 1. The van der Waals surface area contributed by atoms with E-state index in [-0.39, 0.29) is 0 Å². The van der Waals surface area contributed by atoms with Crippen LogP contribution in [-0.2, 0) is 0 Å². The topological polar surface area (TPSA) is 217 Å². The first-order valence-corrected chi connectivity index (χ1v) is 6.47. The molecule has 0 atom stereocenters. The number of hydrogen-bond donors (Lipinski definition) is 1. The highest BCUT2D eigenvalue weighted by molar-refractivity contribution is 5.91. The fraction of sp³-hybridized carbons (Fsp3) is 0. The second-order valence-electron chi connectivity index (χ2n) is 4.61. The number of nitro benzene ring substituents is 3. The number of hydrogen-bond acceptors (Lipinski definition) is 11. The molecule has 0 saturated carbocycles. The van der Waals surface area contributed by atoms with Crippen molar-refractivity contribution in [3.05, 3.63) is 55.7 Å². The van der Waals surface area contributed by atoms with E-state index in [1.54, 1.807) is 0 Å². The molecule has 2 N–H and O–H groups in total. The minimum atomic E-state index is -1.07. The molecule has 3 aromatic rings. The van der Waals surface area contributed by atoms with Crippen molar-refractivity contribution < 1.29 is 14.8 Å². The maximum atomic E-state index is 11.7. The van der Waals surface area contributed by atoms with Crippen LogP contribution in [0, 0.1) is 30.3 Å². The van der Waals surface area contributed by atoms with Gasteiger partial charge in [-0.3, -0.25) is 30.3 Å². The number of nitrogens with zero attached hydrogens (tertiary/aromatic N) is 9. The van der Waals surface area contributed by atoms with E-state index >= 15 is 0 Å². The molecule has 132 valence electrons. The van der Waals surface area contributed by atoms with E-state index in [0.29, 0.717) is 0 Å². The van der Waals surface area contributed by atoms with Crippen molar-refractivity contribution in [1.82, 2.24) is 29.5 Å². The summed E-state index contributed by atoms with van der Waals surface area (Å²) < 4.78 is 1.44. The van der Waals surface area contributed by atoms with Gasteiger partial charge in [0.1, 0.15) is 25.3 Å². The number of benzene rings is 1. The molecule has 16 nitrogen and oxygen atoms in total. The van der Waals surface area contributed by atoms with E-state index in [4.69, 9.17) is 5.73 Å². The van der Waals surface area contributed by atoms with Crippen LogP contribution in [0.2, 0.25) is 0 Å². The van der Waals surface area contributed by atoms with Gasteiger partial charge >= 0.3 is 17.1 Å². The summed E-state index contributed by atoms with van der Waals surface area (Å²) in [5.41, 5.74) is 0.211. The van der Waals surface area contributed by atoms with Crippen LogP contribution in [0.15, 0.2) is 25.3 Å². The Balaban J connectivity index is 2.62. The van der Waals surface area contributed by atoms with Gasteiger partial charge in [-0.1, -0.05) is 0 Å². The second-order valence-corrected chi connectivity index (χ2v) is 4.61. The van der Waals surface area contributed by atoms with Gasteiger partial charge in [0.25, 0.3) is 0 Å². The standard InChI is InChI=1S/C10H6N10O6/c11-5-6(18(21)22)8(16-3-12-1-14-16)10(20(25)26)9(7(5)19(23)24)17-4-13-2-15-17/h1-4H,11H2. The first-order valence-electron chi connectivity index (χ1n) is 6.47. The Labute approximate surface area is 140 Å². The van der Waals surface area contributed by atoms with Crippen molar-refractivity contribution in [1.29, 1.82) is 0 Å². The molecule has 0 aliphatic rings. The van der Waals surface area contributed by atoms with Gasteiger partial charge in [0.2, 0.25) is 11.4 Å². The van der Waals surface area contributed by atoms with E-state index in [1.807, 2.05) is 0 Å². The molecule has 2 heterocycles. The minimum absolute atomic E-state index is 0.703. The van der Waals surface area contributed by atoms with Gasteiger partial charge in [0.05, 0.1) is 14.8 Å². The molecule has 26 heavy (non-hydrogen) atoms. The molecule has 0 aliphatic carbocycles. The van der Waals surface area contributed by atoms with Crippen LogP contribution in [-0.4, -0.2) is 44.3 Å². The summed E-state index contributed by atoms with van der Waals surface area (Å²) in [6.07, 6.45) is 3.85. The molecule has 0 fully saturated rings. The average Bonchev–Trinajstić information content (AvgIpc) is 3.26. The molecule has 0 radical (unpaired) electrons. The Morgan fingerprint density at radius 2 is 1.15 bits per heavy atom. The van der Waals surface area contributed by atoms with Crippen LogP contribution in [0.5, 0.6) is 0 Å². The summed E-state index contributed by atoms with van der Waals surface area (Å²) in [5, 5.41) is 41.9. The second kappa shape index (κ2) is 5.85. The summed E-state index contributed by atoms with van der Waals surface area (Å²) in [6.45, 7) is 0. The predicted molar refractivity (Wildman–Crippen MR) is 80.7 cm³/mol. The highest BCUT2D eigenvalue weighted by Crippen LogP contribution is 2.48. The number of rotatable bonds is 5. The van der Waals surface area contributed by atoms with Crippen LogP contribution in [0.3, 0.4) is 0 Å². The third-order valence-corrected chi connectivity index (χ3v) is 3.25. The molecule has 0 amide bonds. The van der Waals surface area contributed by atoms with E-state index in [9.17, 15) is 30.3 Å².